The molecule has 1 aliphatic rings. The zero-order valence-corrected chi connectivity index (χ0v) is 11.0. The summed E-state index contributed by atoms with van der Waals surface area (Å²) in [5.74, 6) is 0.895. The lowest BCUT2D eigenvalue weighted by atomic mass is 9.95. The molecule has 3 nitrogen and oxygen atoms in total. The van der Waals surface area contributed by atoms with E-state index in [1.165, 1.54) is 12.8 Å². The van der Waals surface area contributed by atoms with E-state index < -0.39 is 0 Å². The minimum Gasteiger partial charge on any atom is -0.491 e. The van der Waals surface area contributed by atoms with E-state index in [4.69, 9.17) is 4.74 Å². The molecule has 0 aromatic carbocycles. The third kappa shape index (κ3) is 4.00. The molecule has 1 aromatic heterocycles. The van der Waals surface area contributed by atoms with E-state index in [0.717, 1.165) is 30.6 Å². The highest BCUT2D eigenvalue weighted by Crippen LogP contribution is 2.23. The van der Waals surface area contributed by atoms with Crippen LogP contribution in [0, 0.1) is 12.3 Å². The quantitative estimate of drug-likeness (QED) is 0.821. The highest BCUT2D eigenvalue weighted by molar-refractivity contribution is 5.25. The van der Waals surface area contributed by atoms with Crippen molar-refractivity contribution in [2.75, 3.05) is 13.2 Å². The van der Waals surface area contributed by atoms with Crippen LogP contribution in [0.15, 0.2) is 18.3 Å². The first-order valence-electron chi connectivity index (χ1n) is 6.35. The van der Waals surface area contributed by atoms with E-state index in [2.05, 4.69) is 24.1 Å². The maximum absolute atomic E-state index is 5.85. The molecule has 1 aromatic rings. The van der Waals surface area contributed by atoms with Gasteiger partial charge in [-0.15, -0.1) is 0 Å². The molecular weight excluding hydrogens is 212 g/mol. The van der Waals surface area contributed by atoms with Crippen molar-refractivity contribution in [3.8, 4) is 5.75 Å². The highest BCUT2D eigenvalue weighted by Gasteiger charge is 2.25. The number of aryl methyl sites for hydroxylation is 1. The van der Waals surface area contributed by atoms with Crippen molar-refractivity contribution in [1.82, 2.24) is 10.3 Å². The number of nitrogens with zero attached hydrogens (tertiary/aromatic N) is 1. The van der Waals surface area contributed by atoms with Gasteiger partial charge in [-0.1, -0.05) is 13.8 Å². The summed E-state index contributed by atoms with van der Waals surface area (Å²) in [6, 6.07) is 4.65. The van der Waals surface area contributed by atoms with E-state index >= 15 is 0 Å². The smallest absolute Gasteiger partial charge is 0.140 e. The van der Waals surface area contributed by atoms with Crippen molar-refractivity contribution in [3.63, 3.8) is 0 Å². The van der Waals surface area contributed by atoms with Gasteiger partial charge in [0.25, 0.3) is 0 Å². The third-order valence-corrected chi connectivity index (χ3v) is 3.02. The normalized spacial score (nSPS) is 15.9. The van der Waals surface area contributed by atoms with Crippen LogP contribution in [0.3, 0.4) is 0 Å². The fraction of sp³-hybridized carbons (Fsp3) is 0.643. The van der Waals surface area contributed by atoms with Gasteiger partial charge in [0.05, 0.1) is 12.3 Å². The van der Waals surface area contributed by atoms with Crippen LogP contribution in [0.5, 0.6) is 5.75 Å². The number of rotatable bonds is 6. The third-order valence-electron chi connectivity index (χ3n) is 3.02. The number of hydrogen-bond acceptors (Lipinski definition) is 3. The lowest BCUT2D eigenvalue weighted by Gasteiger charge is -2.25. The van der Waals surface area contributed by atoms with E-state index in [0.29, 0.717) is 0 Å². The molecule has 2 rings (SSSR count). The molecule has 0 saturated heterocycles. The van der Waals surface area contributed by atoms with Gasteiger partial charge >= 0.3 is 0 Å². The molecular formula is C14H22N2O. The van der Waals surface area contributed by atoms with Crippen LogP contribution in [0.1, 0.15) is 32.4 Å². The van der Waals surface area contributed by atoms with Crippen molar-refractivity contribution < 1.29 is 4.74 Å². The van der Waals surface area contributed by atoms with E-state index in [1.807, 2.05) is 19.1 Å². The first-order valence-corrected chi connectivity index (χ1v) is 6.35. The van der Waals surface area contributed by atoms with Crippen LogP contribution >= 0.6 is 0 Å². The largest absolute Gasteiger partial charge is 0.491 e. The van der Waals surface area contributed by atoms with Crippen molar-refractivity contribution in [1.29, 1.82) is 0 Å². The molecule has 1 fully saturated rings. The predicted octanol–water partition coefficient (Wildman–Crippen LogP) is 2.55. The molecule has 0 aliphatic heterocycles. The Morgan fingerprint density at radius 2 is 2.24 bits per heavy atom. The van der Waals surface area contributed by atoms with Crippen molar-refractivity contribution >= 4 is 0 Å². The van der Waals surface area contributed by atoms with Crippen LogP contribution in [0.4, 0.5) is 0 Å². The molecule has 1 saturated carbocycles. The second-order valence-electron chi connectivity index (χ2n) is 5.70. The molecule has 1 aliphatic carbocycles. The SMILES string of the molecule is Cc1ncccc1OCC(C)(C)CNC1CC1. The lowest BCUT2D eigenvalue weighted by molar-refractivity contribution is 0.174. The van der Waals surface area contributed by atoms with Gasteiger partial charge in [-0.3, -0.25) is 4.98 Å². The van der Waals surface area contributed by atoms with Gasteiger partial charge in [0.2, 0.25) is 0 Å². The molecule has 0 radical (unpaired) electrons. The van der Waals surface area contributed by atoms with Crippen LogP contribution < -0.4 is 10.1 Å². The van der Waals surface area contributed by atoms with Gasteiger partial charge in [-0.05, 0) is 31.9 Å². The fourth-order valence-corrected chi connectivity index (χ4v) is 1.65. The number of nitrogens with one attached hydrogen (secondary N) is 1. The lowest BCUT2D eigenvalue weighted by Crippen LogP contribution is -2.35. The Bertz CT molecular complexity index is 372. The van der Waals surface area contributed by atoms with Crippen LogP contribution in [-0.4, -0.2) is 24.2 Å². The Hall–Kier alpha value is -1.09. The molecule has 1 N–H and O–H groups in total. The second-order valence-corrected chi connectivity index (χ2v) is 5.70. The number of hydrogen-bond donors (Lipinski definition) is 1. The van der Waals surface area contributed by atoms with Crippen molar-refractivity contribution in [2.24, 2.45) is 5.41 Å². The van der Waals surface area contributed by atoms with E-state index in [1.54, 1.807) is 6.20 Å². The van der Waals surface area contributed by atoms with Crippen molar-refractivity contribution in [2.45, 2.75) is 39.7 Å². The highest BCUT2D eigenvalue weighted by atomic mass is 16.5. The van der Waals surface area contributed by atoms with Crippen LogP contribution in [0.25, 0.3) is 0 Å². The Balaban J connectivity index is 1.81. The number of pyridine rings is 1. The molecule has 17 heavy (non-hydrogen) atoms. The molecule has 0 spiro atoms. The standard InChI is InChI=1S/C14H22N2O/c1-11-13(5-4-8-15-11)17-10-14(2,3)9-16-12-6-7-12/h4-5,8,12,16H,6-7,9-10H2,1-3H3. The van der Waals surface area contributed by atoms with Gasteiger partial charge in [0, 0.05) is 24.2 Å². The zero-order valence-electron chi connectivity index (χ0n) is 11.0. The fourth-order valence-electron chi connectivity index (χ4n) is 1.65. The van der Waals surface area contributed by atoms with Gasteiger partial charge < -0.3 is 10.1 Å². The van der Waals surface area contributed by atoms with Gasteiger partial charge in [-0.25, -0.2) is 0 Å². The average molecular weight is 234 g/mol. The molecule has 1 heterocycles. The van der Waals surface area contributed by atoms with Crippen LogP contribution in [0.2, 0.25) is 0 Å². The summed E-state index contributed by atoms with van der Waals surface area (Å²) in [6.07, 6.45) is 4.46. The van der Waals surface area contributed by atoms with Crippen molar-refractivity contribution in [3.05, 3.63) is 24.0 Å². The first kappa shape index (κ1) is 12.4. The molecule has 3 heteroatoms. The minimum atomic E-state index is 0.158. The number of ether oxygens (including phenoxy) is 1. The second kappa shape index (κ2) is 5.05. The molecule has 0 bridgehead atoms. The first-order chi connectivity index (χ1) is 8.07. The Morgan fingerprint density at radius 3 is 2.88 bits per heavy atom. The topological polar surface area (TPSA) is 34.1 Å². The van der Waals surface area contributed by atoms with Crippen LogP contribution in [-0.2, 0) is 0 Å². The van der Waals surface area contributed by atoms with E-state index in [-0.39, 0.29) is 5.41 Å². The zero-order chi connectivity index (χ0) is 12.3. The van der Waals surface area contributed by atoms with Gasteiger partial charge in [0.1, 0.15) is 5.75 Å². The molecule has 0 amide bonds. The summed E-state index contributed by atoms with van der Waals surface area (Å²) in [7, 11) is 0. The summed E-state index contributed by atoms with van der Waals surface area (Å²) in [6.45, 7) is 8.17. The summed E-state index contributed by atoms with van der Waals surface area (Å²) >= 11 is 0. The van der Waals surface area contributed by atoms with E-state index in [9.17, 15) is 0 Å². The Morgan fingerprint density at radius 1 is 1.47 bits per heavy atom. The van der Waals surface area contributed by atoms with Gasteiger partial charge in [0.15, 0.2) is 0 Å². The maximum Gasteiger partial charge on any atom is 0.140 e. The Labute approximate surface area is 104 Å². The van der Waals surface area contributed by atoms with Gasteiger partial charge in [-0.2, -0.15) is 0 Å². The maximum atomic E-state index is 5.85. The minimum absolute atomic E-state index is 0.158. The predicted molar refractivity (Wildman–Crippen MR) is 69.3 cm³/mol. The molecule has 0 unspecified atom stereocenters. The Kier molecular flexibility index (Phi) is 3.67. The summed E-state index contributed by atoms with van der Waals surface area (Å²) < 4.78 is 5.85. The summed E-state index contributed by atoms with van der Waals surface area (Å²) in [5, 5.41) is 3.55. The monoisotopic (exact) mass is 234 g/mol. The number of aromatic nitrogens is 1. The molecule has 0 atom stereocenters. The summed E-state index contributed by atoms with van der Waals surface area (Å²) in [4.78, 5) is 4.22. The summed E-state index contributed by atoms with van der Waals surface area (Å²) in [5.41, 5.74) is 1.11. The molecule has 94 valence electrons. The average Bonchev–Trinajstić information content (AvgIpc) is 3.09.